The van der Waals surface area contributed by atoms with Gasteiger partial charge in [-0.05, 0) is 28.7 Å². The molecule has 5 atom stereocenters. The van der Waals surface area contributed by atoms with Crippen molar-refractivity contribution in [3.63, 3.8) is 0 Å². The van der Waals surface area contributed by atoms with Crippen LogP contribution in [0, 0.1) is 0 Å². The summed E-state index contributed by atoms with van der Waals surface area (Å²) in [6.07, 6.45) is -2.20. The molecular weight excluding hydrogens is 384 g/mol. The van der Waals surface area contributed by atoms with Crippen molar-refractivity contribution < 1.29 is 28.8 Å². The maximum absolute atomic E-state index is 10.7. The topological polar surface area (TPSA) is 66.4 Å². The van der Waals surface area contributed by atoms with E-state index < -0.39 is 30.7 Å². The monoisotopic (exact) mass is 414 g/mol. The molecule has 1 fully saturated rings. The Bertz CT molecular complexity index is 794. The number of rotatable bonds is 7. The zero-order chi connectivity index (χ0) is 21.1. The predicted octanol–water partition coefficient (Wildman–Crippen LogP) is 2.50. The molecule has 1 aliphatic carbocycles. The molecule has 0 bridgehead atoms. The van der Waals surface area contributed by atoms with Gasteiger partial charge >= 0.3 is 0 Å². The summed E-state index contributed by atoms with van der Waals surface area (Å²) in [5.41, 5.74) is 5.26. The number of fused-ring (bicyclic) bond motifs is 2. The Kier molecular flexibility index (Phi) is 6.83. The van der Waals surface area contributed by atoms with Crippen LogP contribution in [0.25, 0.3) is 0 Å². The lowest BCUT2D eigenvalue weighted by molar-refractivity contribution is -0.304. The van der Waals surface area contributed by atoms with Crippen LogP contribution in [0.3, 0.4) is 0 Å². The summed E-state index contributed by atoms with van der Waals surface area (Å²) in [7, 11) is 4.65. The van der Waals surface area contributed by atoms with E-state index in [4.69, 9.17) is 23.7 Å². The number of methoxy groups -OCH3 is 3. The molecule has 6 nitrogen and oxygen atoms in total. The molecule has 0 saturated carbocycles. The summed E-state index contributed by atoms with van der Waals surface area (Å²) in [6, 6.07) is 17.0. The number of benzene rings is 2. The largest absolute Gasteiger partial charge is 0.387 e. The molecule has 1 heterocycles. The second-order valence-corrected chi connectivity index (χ2v) is 7.83. The highest BCUT2D eigenvalue weighted by Crippen LogP contribution is 2.36. The fourth-order valence-electron chi connectivity index (χ4n) is 4.66. The molecule has 4 rings (SSSR count). The van der Waals surface area contributed by atoms with Crippen molar-refractivity contribution in [2.75, 3.05) is 34.5 Å². The molecule has 6 heteroatoms. The minimum absolute atomic E-state index is 0.148. The van der Waals surface area contributed by atoms with Gasteiger partial charge in [0, 0.05) is 27.2 Å². The molecule has 30 heavy (non-hydrogen) atoms. The van der Waals surface area contributed by atoms with Crippen molar-refractivity contribution in [1.82, 2.24) is 0 Å². The quantitative estimate of drug-likeness (QED) is 0.751. The maximum atomic E-state index is 10.7. The SMILES string of the molecule is CO[C@H]1O[C@H](COCC2c3ccccc3Cc3ccccc32)[C@@H](O)[C@H](OC)[C@H]1OC. The van der Waals surface area contributed by atoms with Crippen LogP contribution in [0.1, 0.15) is 28.2 Å². The van der Waals surface area contributed by atoms with Crippen LogP contribution in [0.15, 0.2) is 48.5 Å². The van der Waals surface area contributed by atoms with Crippen molar-refractivity contribution in [2.45, 2.75) is 43.0 Å². The molecule has 0 aromatic heterocycles. The van der Waals surface area contributed by atoms with Crippen molar-refractivity contribution in [2.24, 2.45) is 0 Å². The Hall–Kier alpha value is -1.80. The summed E-state index contributed by atoms with van der Waals surface area (Å²) < 4.78 is 28.3. The standard InChI is InChI=1S/C24H30O6/c1-26-22-21(25)20(30-24(28-3)23(22)27-2)14-29-13-19-17-10-6-4-8-15(17)12-16-9-5-7-11-18(16)19/h4-11,19-25H,12-14H2,1-3H3/t20-,21-,22+,23-,24+/m1/s1. The minimum Gasteiger partial charge on any atom is -0.387 e. The highest BCUT2D eigenvalue weighted by atomic mass is 16.7. The zero-order valence-electron chi connectivity index (χ0n) is 17.7. The fourth-order valence-corrected chi connectivity index (χ4v) is 4.66. The van der Waals surface area contributed by atoms with Crippen molar-refractivity contribution in [1.29, 1.82) is 0 Å². The molecule has 2 aliphatic rings. The zero-order valence-corrected chi connectivity index (χ0v) is 17.7. The van der Waals surface area contributed by atoms with E-state index in [0.29, 0.717) is 6.61 Å². The molecule has 2 aromatic carbocycles. The van der Waals surface area contributed by atoms with E-state index in [1.807, 2.05) is 0 Å². The lowest BCUT2D eigenvalue weighted by atomic mass is 9.78. The first-order valence-electron chi connectivity index (χ1n) is 10.3. The molecule has 0 unspecified atom stereocenters. The summed E-state index contributed by atoms with van der Waals surface area (Å²) in [4.78, 5) is 0. The van der Waals surface area contributed by atoms with E-state index in [1.54, 1.807) is 21.3 Å². The van der Waals surface area contributed by atoms with Crippen LogP contribution < -0.4 is 0 Å². The Labute approximate surface area is 177 Å². The van der Waals surface area contributed by atoms with Gasteiger partial charge in [-0.1, -0.05) is 48.5 Å². The van der Waals surface area contributed by atoms with Gasteiger partial charge in [0.15, 0.2) is 6.29 Å². The lowest BCUT2D eigenvalue weighted by Crippen LogP contribution is -2.60. The first-order chi connectivity index (χ1) is 14.7. The van der Waals surface area contributed by atoms with E-state index in [0.717, 1.165) is 6.42 Å². The summed E-state index contributed by atoms with van der Waals surface area (Å²) in [5, 5.41) is 10.7. The maximum Gasteiger partial charge on any atom is 0.186 e. The lowest BCUT2D eigenvalue weighted by Gasteiger charge is -2.42. The van der Waals surface area contributed by atoms with E-state index in [-0.39, 0.29) is 12.5 Å². The van der Waals surface area contributed by atoms with Gasteiger partial charge in [0.25, 0.3) is 0 Å². The van der Waals surface area contributed by atoms with Crippen molar-refractivity contribution >= 4 is 0 Å². The molecular formula is C24H30O6. The molecule has 162 valence electrons. The average molecular weight is 414 g/mol. The summed E-state index contributed by atoms with van der Waals surface area (Å²) in [6.45, 7) is 0.738. The second kappa shape index (κ2) is 9.56. The van der Waals surface area contributed by atoms with Gasteiger partial charge in [-0.3, -0.25) is 0 Å². The number of aliphatic hydroxyl groups is 1. The van der Waals surface area contributed by atoms with E-state index in [9.17, 15) is 5.11 Å². The van der Waals surface area contributed by atoms with Gasteiger partial charge in [0.2, 0.25) is 0 Å². The molecule has 2 aromatic rings. The van der Waals surface area contributed by atoms with E-state index in [2.05, 4.69) is 48.5 Å². The molecule has 1 N–H and O–H groups in total. The van der Waals surface area contributed by atoms with Crippen LogP contribution in [-0.2, 0) is 30.1 Å². The van der Waals surface area contributed by atoms with Crippen LogP contribution in [0.2, 0.25) is 0 Å². The smallest absolute Gasteiger partial charge is 0.186 e. The van der Waals surface area contributed by atoms with Crippen LogP contribution in [0.5, 0.6) is 0 Å². The number of hydrogen-bond acceptors (Lipinski definition) is 6. The third-order valence-corrected chi connectivity index (χ3v) is 6.20. The Morgan fingerprint density at radius 2 is 1.43 bits per heavy atom. The van der Waals surface area contributed by atoms with Crippen LogP contribution in [0.4, 0.5) is 0 Å². The highest BCUT2D eigenvalue weighted by molar-refractivity contribution is 5.49. The number of aliphatic hydroxyl groups excluding tert-OH is 1. The average Bonchev–Trinajstić information content (AvgIpc) is 2.79. The van der Waals surface area contributed by atoms with Gasteiger partial charge in [-0.25, -0.2) is 0 Å². The second-order valence-electron chi connectivity index (χ2n) is 7.83. The minimum atomic E-state index is -0.878. The van der Waals surface area contributed by atoms with E-state index >= 15 is 0 Å². The van der Waals surface area contributed by atoms with Gasteiger partial charge in [-0.15, -0.1) is 0 Å². The van der Waals surface area contributed by atoms with E-state index in [1.165, 1.54) is 22.3 Å². The van der Waals surface area contributed by atoms with Crippen LogP contribution in [-0.4, -0.2) is 70.4 Å². The van der Waals surface area contributed by atoms with Gasteiger partial charge in [-0.2, -0.15) is 0 Å². The fraction of sp³-hybridized carbons (Fsp3) is 0.500. The normalized spacial score (nSPS) is 28.7. The third-order valence-electron chi connectivity index (χ3n) is 6.20. The molecule has 1 saturated heterocycles. The molecule has 1 aliphatic heterocycles. The number of ether oxygens (including phenoxy) is 5. The highest BCUT2D eigenvalue weighted by Gasteiger charge is 2.46. The molecule has 0 radical (unpaired) electrons. The first kappa shape index (κ1) is 21.4. The van der Waals surface area contributed by atoms with Crippen LogP contribution >= 0.6 is 0 Å². The van der Waals surface area contributed by atoms with Gasteiger partial charge < -0.3 is 28.8 Å². The van der Waals surface area contributed by atoms with Crippen molar-refractivity contribution in [3.05, 3.63) is 70.8 Å². The molecule has 0 amide bonds. The number of hydrogen-bond donors (Lipinski definition) is 1. The third kappa shape index (κ3) is 4.04. The summed E-state index contributed by atoms with van der Waals surface area (Å²) in [5.74, 6) is 0.148. The molecule has 0 spiro atoms. The van der Waals surface area contributed by atoms with Gasteiger partial charge in [0.05, 0.1) is 13.2 Å². The summed E-state index contributed by atoms with van der Waals surface area (Å²) >= 11 is 0. The Morgan fingerprint density at radius 3 is 2.00 bits per heavy atom. The van der Waals surface area contributed by atoms with Crippen molar-refractivity contribution in [3.8, 4) is 0 Å². The van der Waals surface area contributed by atoms with Gasteiger partial charge in [0.1, 0.15) is 24.4 Å². The predicted molar refractivity (Wildman–Crippen MR) is 112 cm³/mol. The Balaban J connectivity index is 1.47. The first-order valence-corrected chi connectivity index (χ1v) is 10.3. The Morgan fingerprint density at radius 1 is 0.833 bits per heavy atom.